The first kappa shape index (κ1) is 11.1. The van der Waals surface area contributed by atoms with Crippen molar-refractivity contribution in [1.29, 1.82) is 0 Å². The smallest absolute Gasteiger partial charge is 0.0574 e. The number of nitrogen functional groups attached to an aromatic ring is 1. The fourth-order valence-electron chi connectivity index (χ4n) is 1.55. The monoisotopic (exact) mass is 279 g/mol. The Morgan fingerprint density at radius 2 is 2.19 bits per heavy atom. The number of aromatic amines is 1. The summed E-state index contributed by atoms with van der Waals surface area (Å²) in [5.41, 5.74) is 8.93. The van der Waals surface area contributed by atoms with Gasteiger partial charge >= 0.3 is 0 Å². The number of H-pyrrole nitrogens is 1. The molecule has 0 amide bonds. The molecule has 0 fully saturated rings. The van der Waals surface area contributed by atoms with Crippen LogP contribution in [0, 0.1) is 0 Å². The number of nitrogens with one attached hydrogen (secondary N) is 2. The third-order valence-electron chi connectivity index (χ3n) is 2.41. The molecular weight excluding hydrogens is 266 g/mol. The van der Waals surface area contributed by atoms with Gasteiger partial charge in [0.05, 0.1) is 11.4 Å². The highest BCUT2D eigenvalue weighted by atomic mass is 79.9. The molecule has 0 aliphatic carbocycles. The molecule has 0 aliphatic heterocycles. The Morgan fingerprint density at radius 1 is 1.31 bits per heavy atom. The van der Waals surface area contributed by atoms with Gasteiger partial charge in [0.2, 0.25) is 0 Å². The molecule has 0 radical (unpaired) electrons. The van der Waals surface area contributed by atoms with Crippen LogP contribution in [0.4, 0.5) is 11.4 Å². The van der Waals surface area contributed by atoms with Crippen LogP contribution in [0.3, 0.4) is 0 Å². The topological polar surface area (TPSA) is 53.8 Å². The van der Waals surface area contributed by atoms with Crippen molar-refractivity contribution in [3.63, 3.8) is 0 Å². The summed E-state index contributed by atoms with van der Waals surface area (Å²) < 4.78 is 1.00. The van der Waals surface area contributed by atoms with Gasteiger partial charge in [-0.2, -0.15) is 0 Å². The number of hydrogen-bond acceptors (Lipinski definition) is 2. The summed E-state index contributed by atoms with van der Waals surface area (Å²) in [6.45, 7) is 0.879. The number of benzene rings is 1. The molecule has 16 heavy (non-hydrogen) atoms. The van der Waals surface area contributed by atoms with Gasteiger partial charge in [0.15, 0.2) is 0 Å². The van der Waals surface area contributed by atoms with Gasteiger partial charge in [-0.1, -0.05) is 15.9 Å². The Hall–Kier alpha value is -1.42. The molecule has 2 rings (SSSR count). The fourth-order valence-corrected chi connectivity index (χ4v) is 1.93. The predicted octanol–water partition coefficient (Wildman–Crippen LogP) is 3.01. The van der Waals surface area contributed by atoms with Crippen LogP contribution < -0.4 is 11.1 Å². The highest BCUT2D eigenvalue weighted by Crippen LogP contribution is 2.22. The van der Waals surface area contributed by atoms with E-state index in [1.807, 2.05) is 30.6 Å². The zero-order chi connectivity index (χ0) is 11.4. The van der Waals surface area contributed by atoms with Gasteiger partial charge in [-0.3, -0.25) is 0 Å². The molecule has 0 atom stereocenters. The Bertz CT molecular complexity index is 451. The second kappa shape index (κ2) is 5.07. The first-order valence-electron chi connectivity index (χ1n) is 5.16. The normalized spacial score (nSPS) is 10.3. The van der Waals surface area contributed by atoms with Gasteiger partial charge in [0.1, 0.15) is 0 Å². The van der Waals surface area contributed by atoms with E-state index < -0.39 is 0 Å². The Labute approximate surface area is 103 Å². The highest BCUT2D eigenvalue weighted by Gasteiger charge is 1.99. The second-order valence-electron chi connectivity index (χ2n) is 3.63. The van der Waals surface area contributed by atoms with Gasteiger partial charge in [0, 0.05) is 23.4 Å². The van der Waals surface area contributed by atoms with Crippen LogP contribution in [0.15, 0.2) is 41.1 Å². The maximum atomic E-state index is 5.88. The first-order valence-corrected chi connectivity index (χ1v) is 5.95. The molecule has 0 spiro atoms. The van der Waals surface area contributed by atoms with Crippen LogP contribution in [0.5, 0.6) is 0 Å². The maximum absolute atomic E-state index is 5.88. The second-order valence-corrected chi connectivity index (χ2v) is 4.54. The summed E-state index contributed by atoms with van der Waals surface area (Å²) in [5, 5.41) is 3.32. The molecule has 0 bridgehead atoms. The standard InChI is InChI=1S/C12H14BrN3/c13-10-1-2-12(11(14)7-10)16-6-4-9-3-5-15-8-9/h1-3,5,7-8,15-16H,4,6,14H2. The van der Waals surface area contributed by atoms with E-state index in [0.29, 0.717) is 0 Å². The number of aromatic nitrogens is 1. The molecule has 0 saturated heterocycles. The minimum absolute atomic E-state index is 0.767. The average Bonchev–Trinajstić information content (AvgIpc) is 2.74. The molecular formula is C12H14BrN3. The lowest BCUT2D eigenvalue weighted by atomic mass is 10.2. The molecule has 1 heterocycles. The van der Waals surface area contributed by atoms with Crippen LogP contribution in [-0.4, -0.2) is 11.5 Å². The number of nitrogens with two attached hydrogens (primary N) is 1. The largest absolute Gasteiger partial charge is 0.397 e. The Morgan fingerprint density at radius 3 is 2.88 bits per heavy atom. The quantitative estimate of drug-likeness (QED) is 0.754. The van der Waals surface area contributed by atoms with Crippen LogP contribution in [0.1, 0.15) is 5.56 Å². The number of rotatable bonds is 4. The summed E-state index contributed by atoms with van der Waals surface area (Å²) in [7, 11) is 0. The predicted molar refractivity (Wildman–Crippen MR) is 71.5 cm³/mol. The molecule has 84 valence electrons. The SMILES string of the molecule is Nc1cc(Br)ccc1NCCc1cc[nH]c1. The van der Waals surface area contributed by atoms with Crippen molar-refractivity contribution < 1.29 is 0 Å². The molecule has 0 unspecified atom stereocenters. The van der Waals surface area contributed by atoms with E-state index in [-0.39, 0.29) is 0 Å². The van der Waals surface area contributed by atoms with Crippen LogP contribution >= 0.6 is 15.9 Å². The molecule has 4 N–H and O–H groups in total. The van der Waals surface area contributed by atoms with E-state index in [2.05, 4.69) is 32.3 Å². The summed E-state index contributed by atoms with van der Waals surface area (Å²) in [4.78, 5) is 3.04. The summed E-state index contributed by atoms with van der Waals surface area (Å²) >= 11 is 3.38. The van der Waals surface area contributed by atoms with Gasteiger partial charge in [0.25, 0.3) is 0 Å². The zero-order valence-electron chi connectivity index (χ0n) is 8.83. The minimum atomic E-state index is 0.767. The molecule has 1 aromatic heterocycles. The van der Waals surface area contributed by atoms with E-state index in [4.69, 9.17) is 5.73 Å². The summed E-state index contributed by atoms with van der Waals surface area (Å²) in [5.74, 6) is 0. The van der Waals surface area contributed by atoms with Crippen molar-refractivity contribution in [2.75, 3.05) is 17.6 Å². The van der Waals surface area contributed by atoms with E-state index in [1.54, 1.807) is 0 Å². The third kappa shape index (κ3) is 2.79. The van der Waals surface area contributed by atoms with E-state index in [9.17, 15) is 0 Å². The Balaban J connectivity index is 1.90. The van der Waals surface area contributed by atoms with Gasteiger partial charge < -0.3 is 16.0 Å². The lowest BCUT2D eigenvalue weighted by Gasteiger charge is -2.08. The van der Waals surface area contributed by atoms with E-state index >= 15 is 0 Å². The molecule has 1 aromatic carbocycles. The molecule has 3 nitrogen and oxygen atoms in total. The molecule has 0 saturated carbocycles. The minimum Gasteiger partial charge on any atom is -0.397 e. The van der Waals surface area contributed by atoms with Crippen molar-refractivity contribution in [2.45, 2.75) is 6.42 Å². The Kier molecular flexibility index (Phi) is 3.51. The van der Waals surface area contributed by atoms with Crippen molar-refractivity contribution in [3.8, 4) is 0 Å². The van der Waals surface area contributed by atoms with Crippen molar-refractivity contribution in [2.24, 2.45) is 0 Å². The summed E-state index contributed by atoms with van der Waals surface area (Å²) in [6, 6.07) is 7.94. The van der Waals surface area contributed by atoms with Crippen molar-refractivity contribution in [3.05, 3.63) is 46.7 Å². The first-order chi connectivity index (χ1) is 7.75. The molecule has 2 aromatic rings. The van der Waals surface area contributed by atoms with Crippen molar-refractivity contribution >= 4 is 27.3 Å². The molecule has 0 aliphatic rings. The van der Waals surface area contributed by atoms with E-state index in [1.165, 1.54) is 5.56 Å². The van der Waals surface area contributed by atoms with Gasteiger partial charge in [-0.25, -0.2) is 0 Å². The van der Waals surface area contributed by atoms with E-state index in [0.717, 1.165) is 28.8 Å². The zero-order valence-corrected chi connectivity index (χ0v) is 10.4. The third-order valence-corrected chi connectivity index (χ3v) is 2.90. The maximum Gasteiger partial charge on any atom is 0.0574 e. The van der Waals surface area contributed by atoms with Crippen molar-refractivity contribution in [1.82, 2.24) is 4.98 Å². The fraction of sp³-hybridized carbons (Fsp3) is 0.167. The number of anilines is 2. The van der Waals surface area contributed by atoms with Gasteiger partial charge in [-0.15, -0.1) is 0 Å². The highest BCUT2D eigenvalue weighted by molar-refractivity contribution is 9.10. The van der Waals surface area contributed by atoms with Gasteiger partial charge in [-0.05, 0) is 36.2 Å². The number of hydrogen-bond donors (Lipinski definition) is 3. The average molecular weight is 280 g/mol. The summed E-state index contributed by atoms with van der Waals surface area (Å²) in [6.07, 6.45) is 4.93. The lowest BCUT2D eigenvalue weighted by molar-refractivity contribution is 1.02. The van der Waals surface area contributed by atoms with Crippen LogP contribution in [-0.2, 0) is 6.42 Å². The van der Waals surface area contributed by atoms with Crippen LogP contribution in [0.2, 0.25) is 0 Å². The lowest BCUT2D eigenvalue weighted by Crippen LogP contribution is -2.06. The van der Waals surface area contributed by atoms with Crippen LogP contribution in [0.25, 0.3) is 0 Å². The number of halogens is 1. The molecule has 4 heteroatoms.